The minimum absolute atomic E-state index is 0. The summed E-state index contributed by atoms with van der Waals surface area (Å²) >= 11 is 0. The fourth-order valence-electron chi connectivity index (χ4n) is 3.07. The maximum Gasteiger partial charge on any atom is 0.408 e. The number of piperazine rings is 1. The van der Waals surface area contributed by atoms with Gasteiger partial charge in [-0.1, -0.05) is 48.5 Å². The molecule has 0 spiro atoms. The second-order valence-electron chi connectivity index (χ2n) is 5.72. The van der Waals surface area contributed by atoms with Gasteiger partial charge in [0.15, 0.2) is 0 Å². The number of nitrogens with one attached hydrogen (secondary N) is 1. The van der Waals surface area contributed by atoms with Crippen molar-refractivity contribution in [1.29, 1.82) is 0 Å². The first-order valence-electron chi connectivity index (χ1n) is 7.72. The van der Waals surface area contributed by atoms with Crippen LogP contribution in [0, 0.1) is 0 Å². The first-order chi connectivity index (χ1) is 11.1. The summed E-state index contributed by atoms with van der Waals surface area (Å²) in [6.45, 7) is 1.98. The molecule has 2 aromatic rings. The maximum atomic E-state index is 13.7. The molecule has 2 aromatic carbocycles. The van der Waals surface area contributed by atoms with Crippen molar-refractivity contribution < 1.29 is 13.2 Å². The second-order valence-corrected chi connectivity index (χ2v) is 5.72. The Morgan fingerprint density at radius 3 is 2.12 bits per heavy atom. The Hall–Kier alpha value is -1.56. The van der Waals surface area contributed by atoms with Crippen LogP contribution in [-0.4, -0.2) is 37.3 Å². The lowest BCUT2D eigenvalue weighted by Gasteiger charge is -2.36. The highest BCUT2D eigenvalue weighted by Gasteiger charge is 2.44. The summed E-state index contributed by atoms with van der Waals surface area (Å²) in [7, 11) is 0. The average molecular weight is 357 g/mol. The molecule has 1 fully saturated rings. The normalized spacial score (nSPS) is 17.1. The van der Waals surface area contributed by atoms with Gasteiger partial charge >= 0.3 is 6.18 Å². The lowest BCUT2D eigenvalue weighted by Crippen LogP contribution is -2.49. The highest BCUT2D eigenvalue weighted by atomic mass is 35.5. The van der Waals surface area contributed by atoms with Crippen molar-refractivity contribution in [3.05, 3.63) is 60.2 Å². The summed E-state index contributed by atoms with van der Waals surface area (Å²) < 4.78 is 41.0. The van der Waals surface area contributed by atoms with Crippen molar-refractivity contribution in [3.8, 4) is 11.1 Å². The lowest BCUT2D eigenvalue weighted by molar-refractivity contribution is -0.187. The molecule has 1 atom stereocenters. The first kappa shape index (κ1) is 18.8. The van der Waals surface area contributed by atoms with E-state index in [1.54, 1.807) is 18.2 Å². The Morgan fingerprint density at radius 2 is 1.50 bits per heavy atom. The van der Waals surface area contributed by atoms with E-state index in [0.717, 1.165) is 11.1 Å². The van der Waals surface area contributed by atoms with Gasteiger partial charge in [-0.05, 0) is 22.8 Å². The number of nitrogens with zero attached hydrogens (tertiary/aromatic N) is 1. The van der Waals surface area contributed by atoms with Gasteiger partial charge < -0.3 is 5.32 Å². The van der Waals surface area contributed by atoms with E-state index in [4.69, 9.17) is 0 Å². The van der Waals surface area contributed by atoms with E-state index < -0.39 is 12.2 Å². The fraction of sp³-hybridized carbons (Fsp3) is 0.333. The highest BCUT2D eigenvalue weighted by molar-refractivity contribution is 5.85. The predicted octanol–water partition coefficient (Wildman–Crippen LogP) is 4.28. The summed E-state index contributed by atoms with van der Waals surface area (Å²) in [5, 5.41) is 3.10. The zero-order chi connectivity index (χ0) is 16.3. The van der Waals surface area contributed by atoms with Gasteiger partial charge in [-0.15, -0.1) is 12.4 Å². The summed E-state index contributed by atoms with van der Waals surface area (Å²) in [6.07, 6.45) is -4.29. The third kappa shape index (κ3) is 4.29. The van der Waals surface area contributed by atoms with Crippen LogP contribution in [0.5, 0.6) is 0 Å². The van der Waals surface area contributed by atoms with E-state index >= 15 is 0 Å². The SMILES string of the molecule is Cl.FC(F)(F)[C@H](c1cccc(-c2ccccc2)c1)N1CCNCC1. The smallest absolute Gasteiger partial charge is 0.314 e. The Labute approximate surface area is 146 Å². The van der Waals surface area contributed by atoms with E-state index in [9.17, 15) is 13.2 Å². The van der Waals surface area contributed by atoms with Crippen LogP contribution in [0.15, 0.2) is 54.6 Å². The number of hydrogen-bond acceptors (Lipinski definition) is 2. The molecule has 0 aromatic heterocycles. The molecule has 2 nitrogen and oxygen atoms in total. The van der Waals surface area contributed by atoms with Crippen molar-refractivity contribution in [3.63, 3.8) is 0 Å². The Balaban J connectivity index is 0.00000208. The summed E-state index contributed by atoms with van der Waals surface area (Å²) in [6, 6.07) is 14.7. The first-order valence-corrected chi connectivity index (χ1v) is 7.72. The van der Waals surface area contributed by atoms with Crippen LogP contribution < -0.4 is 5.32 Å². The summed E-state index contributed by atoms with van der Waals surface area (Å²) in [5.74, 6) is 0. The van der Waals surface area contributed by atoms with Gasteiger partial charge in [0, 0.05) is 26.2 Å². The molecule has 0 aliphatic carbocycles. The van der Waals surface area contributed by atoms with Crippen LogP contribution in [0.2, 0.25) is 0 Å². The molecular weight excluding hydrogens is 337 g/mol. The van der Waals surface area contributed by atoms with Gasteiger partial charge in [-0.3, -0.25) is 4.90 Å². The van der Waals surface area contributed by atoms with Gasteiger partial charge in [0.05, 0.1) is 0 Å². The molecule has 6 heteroatoms. The third-order valence-electron chi connectivity index (χ3n) is 4.14. The zero-order valence-electron chi connectivity index (χ0n) is 13.1. The maximum absolute atomic E-state index is 13.7. The molecule has 0 bridgehead atoms. The molecule has 0 saturated carbocycles. The largest absolute Gasteiger partial charge is 0.408 e. The van der Waals surface area contributed by atoms with Crippen molar-refractivity contribution >= 4 is 12.4 Å². The molecular formula is C18H20ClF3N2. The number of halogens is 4. The molecule has 0 amide bonds. The monoisotopic (exact) mass is 356 g/mol. The lowest BCUT2D eigenvalue weighted by atomic mass is 9.98. The van der Waals surface area contributed by atoms with Crippen LogP contribution in [0.3, 0.4) is 0 Å². The molecule has 1 aliphatic rings. The molecule has 130 valence electrons. The Morgan fingerprint density at radius 1 is 0.875 bits per heavy atom. The predicted molar refractivity (Wildman–Crippen MR) is 92.4 cm³/mol. The Kier molecular flexibility index (Phi) is 6.27. The topological polar surface area (TPSA) is 15.3 Å². The summed E-state index contributed by atoms with van der Waals surface area (Å²) in [4.78, 5) is 1.51. The van der Waals surface area contributed by atoms with Gasteiger partial charge in [-0.25, -0.2) is 0 Å². The van der Waals surface area contributed by atoms with Crippen LogP contribution in [0.1, 0.15) is 11.6 Å². The van der Waals surface area contributed by atoms with Crippen molar-refractivity contribution in [2.45, 2.75) is 12.2 Å². The number of alkyl halides is 3. The second kappa shape index (κ2) is 8.01. The van der Waals surface area contributed by atoms with Crippen molar-refractivity contribution in [2.75, 3.05) is 26.2 Å². The van der Waals surface area contributed by atoms with E-state index in [0.29, 0.717) is 31.7 Å². The summed E-state index contributed by atoms with van der Waals surface area (Å²) in [5.41, 5.74) is 2.05. The van der Waals surface area contributed by atoms with E-state index in [2.05, 4.69) is 5.32 Å². The van der Waals surface area contributed by atoms with E-state index in [1.807, 2.05) is 36.4 Å². The third-order valence-corrected chi connectivity index (χ3v) is 4.14. The van der Waals surface area contributed by atoms with Gasteiger partial charge in [0.25, 0.3) is 0 Å². The van der Waals surface area contributed by atoms with E-state index in [1.165, 1.54) is 4.90 Å². The molecule has 24 heavy (non-hydrogen) atoms. The molecule has 0 radical (unpaired) electrons. The molecule has 3 rings (SSSR count). The van der Waals surface area contributed by atoms with Gasteiger partial charge in [-0.2, -0.15) is 13.2 Å². The van der Waals surface area contributed by atoms with Crippen LogP contribution in [0.4, 0.5) is 13.2 Å². The molecule has 1 N–H and O–H groups in total. The number of rotatable bonds is 3. The average Bonchev–Trinajstić information content (AvgIpc) is 2.56. The standard InChI is InChI=1S/C18H19F3N2.ClH/c19-18(20,21)17(23-11-9-22-10-12-23)16-8-4-7-15(13-16)14-5-2-1-3-6-14;/h1-8,13,17,22H,9-12H2;1H/t17-;/m0./s1. The molecule has 1 heterocycles. The van der Waals surface area contributed by atoms with Crippen LogP contribution in [-0.2, 0) is 0 Å². The van der Waals surface area contributed by atoms with Crippen molar-refractivity contribution in [1.82, 2.24) is 10.2 Å². The minimum atomic E-state index is -4.29. The van der Waals surface area contributed by atoms with Gasteiger partial charge in [0.2, 0.25) is 0 Å². The Bertz CT molecular complexity index is 640. The highest BCUT2D eigenvalue weighted by Crippen LogP contribution is 2.38. The quantitative estimate of drug-likeness (QED) is 0.882. The zero-order valence-corrected chi connectivity index (χ0v) is 13.9. The van der Waals surface area contributed by atoms with Crippen molar-refractivity contribution in [2.24, 2.45) is 0 Å². The molecule has 1 saturated heterocycles. The number of benzene rings is 2. The molecule has 1 aliphatic heterocycles. The van der Waals surface area contributed by atoms with Gasteiger partial charge in [0.1, 0.15) is 6.04 Å². The molecule has 0 unspecified atom stereocenters. The fourth-order valence-corrected chi connectivity index (χ4v) is 3.07. The van der Waals surface area contributed by atoms with E-state index in [-0.39, 0.29) is 12.4 Å². The minimum Gasteiger partial charge on any atom is -0.314 e. The van der Waals surface area contributed by atoms with Crippen LogP contribution in [0.25, 0.3) is 11.1 Å². The number of hydrogen-bond donors (Lipinski definition) is 1. The van der Waals surface area contributed by atoms with Crippen LogP contribution >= 0.6 is 12.4 Å².